The molecule has 0 aromatic carbocycles. The zero-order valence-corrected chi connectivity index (χ0v) is 11.4. The maximum absolute atomic E-state index is 12.0. The van der Waals surface area contributed by atoms with Crippen LogP contribution in [0.1, 0.15) is 5.69 Å². The number of carbonyl (C=O) groups excluding carboxylic acids is 1. The molecule has 0 aliphatic heterocycles. The molecule has 0 spiro atoms. The summed E-state index contributed by atoms with van der Waals surface area (Å²) >= 11 is 1.34. The molecule has 0 aliphatic carbocycles. The molecule has 0 unspecified atom stereocenters. The van der Waals surface area contributed by atoms with E-state index in [4.69, 9.17) is 0 Å². The molecular formula is C12H11N5O2S. The van der Waals surface area contributed by atoms with Crippen LogP contribution in [0.2, 0.25) is 0 Å². The summed E-state index contributed by atoms with van der Waals surface area (Å²) in [6.45, 7) is 1.71. The summed E-state index contributed by atoms with van der Waals surface area (Å²) in [6.07, 6.45) is 1.61. The molecule has 0 aliphatic rings. The Bertz CT molecular complexity index is 832. The third kappa shape index (κ3) is 2.32. The van der Waals surface area contributed by atoms with E-state index in [0.29, 0.717) is 10.8 Å². The Labute approximate surface area is 117 Å². The fraction of sp³-hybridized carbons (Fsp3) is 0.167. The summed E-state index contributed by atoms with van der Waals surface area (Å²) in [4.78, 5) is 28.0. The molecule has 0 atom stereocenters. The molecule has 0 saturated carbocycles. The molecule has 3 heterocycles. The van der Waals surface area contributed by atoms with Gasteiger partial charge in [-0.2, -0.15) is 0 Å². The van der Waals surface area contributed by atoms with Gasteiger partial charge in [0.15, 0.2) is 10.8 Å². The van der Waals surface area contributed by atoms with Crippen molar-refractivity contribution in [3.05, 3.63) is 46.0 Å². The van der Waals surface area contributed by atoms with Crippen LogP contribution in [0.5, 0.6) is 0 Å². The first-order chi connectivity index (χ1) is 9.63. The third-order valence-electron chi connectivity index (χ3n) is 2.65. The van der Waals surface area contributed by atoms with Crippen molar-refractivity contribution < 1.29 is 4.79 Å². The average molecular weight is 289 g/mol. The Morgan fingerprint density at radius 1 is 1.45 bits per heavy atom. The van der Waals surface area contributed by atoms with Crippen molar-refractivity contribution in [2.45, 2.75) is 13.5 Å². The van der Waals surface area contributed by atoms with E-state index in [-0.39, 0.29) is 18.1 Å². The normalized spacial score (nSPS) is 10.8. The Balaban J connectivity index is 1.81. The monoisotopic (exact) mass is 289 g/mol. The lowest BCUT2D eigenvalue weighted by Crippen LogP contribution is -2.28. The van der Waals surface area contributed by atoms with Gasteiger partial charge < -0.3 is 5.32 Å². The molecule has 7 nitrogen and oxygen atoms in total. The van der Waals surface area contributed by atoms with Crippen LogP contribution in [0.25, 0.3) is 5.65 Å². The largest absolute Gasteiger partial charge is 0.350 e. The van der Waals surface area contributed by atoms with Crippen LogP contribution in [-0.4, -0.2) is 25.1 Å². The highest BCUT2D eigenvalue weighted by Gasteiger charge is 2.11. The summed E-state index contributed by atoms with van der Waals surface area (Å²) in [7, 11) is 0. The highest BCUT2D eigenvalue weighted by molar-refractivity contribution is 7.13. The van der Waals surface area contributed by atoms with E-state index >= 15 is 0 Å². The van der Waals surface area contributed by atoms with Gasteiger partial charge in [0.05, 0.1) is 5.69 Å². The number of pyridine rings is 1. The van der Waals surface area contributed by atoms with Gasteiger partial charge in [0, 0.05) is 11.6 Å². The van der Waals surface area contributed by atoms with Crippen LogP contribution in [0, 0.1) is 6.92 Å². The molecule has 0 bridgehead atoms. The maximum Gasteiger partial charge on any atom is 0.350 e. The van der Waals surface area contributed by atoms with Crippen molar-refractivity contribution in [3.8, 4) is 0 Å². The van der Waals surface area contributed by atoms with Gasteiger partial charge >= 0.3 is 5.69 Å². The number of thiazole rings is 1. The number of nitrogens with one attached hydrogen (secondary N) is 1. The van der Waals surface area contributed by atoms with E-state index in [1.165, 1.54) is 15.7 Å². The topological polar surface area (TPSA) is 81.3 Å². The fourth-order valence-electron chi connectivity index (χ4n) is 1.78. The van der Waals surface area contributed by atoms with Crippen molar-refractivity contribution in [2.75, 3.05) is 5.32 Å². The van der Waals surface area contributed by atoms with Gasteiger partial charge in [0.1, 0.15) is 6.54 Å². The Kier molecular flexibility index (Phi) is 3.07. The molecule has 1 N–H and O–H groups in total. The molecule has 0 fully saturated rings. The lowest BCUT2D eigenvalue weighted by molar-refractivity contribution is -0.117. The van der Waals surface area contributed by atoms with Crippen LogP contribution in [0.15, 0.2) is 34.6 Å². The highest BCUT2D eigenvalue weighted by atomic mass is 32.1. The zero-order chi connectivity index (χ0) is 14.1. The van der Waals surface area contributed by atoms with Crippen molar-refractivity contribution in [1.29, 1.82) is 0 Å². The Hall–Kier alpha value is -2.48. The number of rotatable bonds is 3. The summed E-state index contributed by atoms with van der Waals surface area (Å²) in [6, 6.07) is 5.23. The van der Waals surface area contributed by atoms with E-state index in [1.54, 1.807) is 24.4 Å². The molecule has 8 heteroatoms. The number of hydrogen-bond acceptors (Lipinski definition) is 5. The van der Waals surface area contributed by atoms with Crippen molar-refractivity contribution in [3.63, 3.8) is 0 Å². The van der Waals surface area contributed by atoms with E-state index in [1.807, 2.05) is 12.3 Å². The lowest BCUT2D eigenvalue weighted by Gasteiger charge is -2.00. The number of nitrogens with zero attached hydrogens (tertiary/aromatic N) is 4. The molecule has 20 heavy (non-hydrogen) atoms. The lowest BCUT2D eigenvalue weighted by atomic mass is 10.5. The Morgan fingerprint density at radius 3 is 3.00 bits per heavy atom. The molecule has 3 rings (SSSR count). The molecule has 1 amide bonds. The standard InChI is InChI=1S/C12H11N5O2S/c1-8-7-20-11(13-8)14-10(18)6-17-12(19)16-5-3-2-4-9(16)15-17/h2-5,7H,6H2,1H3,(H,13,14,18). The first-order valence-electron chi connectivity index (χ1n) is 5.90. The molecule has 0 saturated heterocycles. The quantitative estimate of drug-likeness (QED) is 0.776. The molecular weight excluding hydrogens is 278 g/mol. The van der Waals surface area contributed by atoms with Crippen molar-refractivity contribution in [1.82, 2.24) is 19.2 Å². The number of carbonyl (C=O) groups is 1. The van der Waals surface area contributed by atoms with E-state index < -0.39 is 0 Å². The number of aryl methyl sites for hydroxylation is 1. The van der Waals surface area contributed by atoms with Crippen LogP contribution in [0.3, 0.4) is 0 Å². The van der Waals surface area contributed by atoms with Crippen LogP contribution < -0.4 is 11.0 Å². The molecule has 3 aromatic rings. The predicted molar refractivity (Wildman–Crippen MR) is 74.9 cm³/mol. The van der Waals surface area contributed by atoms with Gasteiger partial charge in [-0.15, -0.1) is 16.4 Å². The minimum atomic E-state index is -0.342. The second-order valence-corrected chi connectivity index (χ2v) is 5.07. The smallest absolute Gasteiger partial charge is 0.300 e. The second-order valence-electron chi connectivity index (χ2n) is 4.21. The first kappa shape index (κ1) is 12.5. The first-order valence-corrected chi connectivity index (χ1v) is 6.77. The number of amides is 1. The second kappa shape index (κ2) is 4.89. The SMILES string of the molecule is Cc1csc(NC(=O)Cn2nc3ccccn3c2=O)n1. The van der Waals surface area contributed by atoms with E-state index in [0.717, 1.165) is 10.4 Å². The Morgan fingerprint density at radius 2 is 2.30 bits per heavy atom. The molecule has 102 valence electrons. The van der Waals surface area contributed by atoms with Gasteiger partial charge in [0.25, 0.3) is 0 Å². The molecule has 3 aromatic heterocycles. The summed E-state index contributed by atoms with van der Waals surface area (Å²) in [5.74, 6) is -0.329. The average Bonchev–Trinajstić information content (AvgIpc) is 2.95. The number of fused-ring (bicyclic) bond motifs is 1. The van der Waals surface area contributed by atoms with Gasteiger partial charge in [-0.05, 0) is 19.1 Å². The summed E-state index contributed by atoms with van der Waals surface area (Å²) in [5.41, 5.74) is 1.01. The van der Waals surface area contributed by atoms with Crippen molar-refractivity contribution in [2.24, 2.45) is 0 Å². The van der Waals surface area contributed by atoms with E-state index in [2.05, 4.69) is 15.4 Å². The van der Waals surface area contributed by atoms with Crippen LogP contribution in [-0.2, 0) is 11.3 Å². The summed E-state index contributed by atoms with van der Waals surface area (Å²) < 4.78 is 2.52. The van der Waals surface area contributed by atoms with Gasteiger partial charge in [0.2, 0.25) is 5.91 Å². The minimum absolute atomic E-state index is 0.140. The third-order valence-corrected chi connectivity index (χ3v) is 3.52. The van der Waals surface area contributed by atoms with Gasteiger partial charge in [-0.1, -0.05) is 6.07 Å². The van der Waals surface area contributed by atoms with Crippen molar-refractivity contribution >= 4 is 28.0 Å². The maximum atomic E-state index is 12.0. The molecule has 0 radical (unpaired) electrons. The summed E-state index contributed by atoms with van der Waals surface area (Å²) in [5, 5.41) is 9.09. The van der Waals surface area contributed by atoms with Gasteiger partial charge in [-0.3, -0.25) is 9.20 Å². The van der Waals surface area contributed by atoms with Gasteiger partial charge in [-0.25, -0.2) is 14.5 Å². The highest BCUT2D eigenvalue weighted by Crippen LogP contribution is 2.14. The number of aromatic nitrogens is 4. The van der Waals surface area contributed by atoms with Crippen LogP contribution in [0.4, 0.5) is 5.13 Å². The fourth-order valence-corrected chi connectivity index (χ4v) is 2.48. The van der Waals surface area contributed by atoms with E-state index in [9.17, 15) is 9.59 Å². The van der Waals surface area contributed by atoms with Crippen LogP contribution >= 0.6 is 11.3 Å². The number of anilines is 1. The predicted octanol–water partition coefficient (Wildman–Crippen LogP) is 0.900. The number of hydrogen-bond donors (Lipinski definition) is 1. The zero-order valence-electron chi connectivity index (χ0n) is 10.6. The minimum Gasteiger partial charge on any atom is -0.300 e.